The van der Waals surface area contributed by atoms with Gasteiger partial charge >= 0.3 is 0 Å². The number of nitrogens with one attached hydrogen (secondary N) is 2. The van der Waals surface area contributed by atoms with Crippen molar-refractivity contribution in [2.24, 2.45) is 5.92 Å². The Morgan fingerprint density at radius 3 is 2.73 bits per heavy atom. The molecule has 1 aromatic heterocycles. The van der Waals surface area contributed by atoms with Crippen LogP contribution in [0.4, 0.5) is 0 Å². The van der Waals surface area contributed by atoms with Crippen LogP contribution in [0.3, 0.4) is 0 Å². The summed E-state index contributed by atoms with van der Waals surface area (Å²) in [5.41, 5.74) is 0.352. The second-order valence-electron chi connectivity index (χ2n) is 7.06. The number of aliphatic hydroxyl groups excluding tert-OH is 1. The second kappa shape index (κ2) is 9.09. The Morgan fingerprint density at radius 2 is 2.08 bits per heavy atom. The Labute approximate surface area is 153 Å². The summed E-state index contributed by atoms with van der Waals surface area (Å²) >= 11 is 0. The van der Waals surface area contributed by atoms with Crippen LogP contribution in [0.1, 0.15) is 49.0 Å². The lowest BCUT2D eigenvalue weighted by atomic mass is 9.85. The molecule has 1 aliphatic carbocycles. The maximum atomic E-state index is 12.2. The van der Waals surface area contributed by atoms with Crippen molar-refractivity contribution in [2.45, 2.75) is 56.8 Å². The van der Waals surface area contributed by atoms with Gasteiger partial charge in [-0.3, -0.25) is 14.6 Å². The van der Waals surface area contributed by atoms with E-state index in [-0.39, 0.29) is 36.5 Å². The number of carbonyl (C=O) groups is 2. The van der Waals surface area contributed by atoms with Crippen LogP contribution in [0, 0.1) is 5.92 Å². The number of hydrogen-bond acceptors (Lipinski definition) is 5. The maximum absolute atomic E-state index is 12.2. The predicted molar refractivity (Wildman–Crippen MR) is 95.4 cm³/mol. The molecule has 1 aromatic rings. The lowest BCUT2D eigenvalue weighted by Gasteiger charge is -2.36. The summed E-state index contributed by atoms with van der Waals surface area (Å²) in [6.45, 7) is 0.432. The largest absolute Gasteiger partial charge is 0.394 e. The third-order valence-corrected chi connectivity index (χ3v) is 5.25. The van der Waals surface area contributed by atoms with Gasteiger partial charge in [0.15, 0.2) is 0 Å². The number of amides is 2. The first kappa shape index (κ1) is 18.8. The Hall–Kier alpha value is -1.99. The van der Waals surface area contributed by atoms with Gasteiger partial charge in [0.05, 0.1) is 18.8 Å². The highest BCUT2D eigenvalue weighted by Gasteiger charge is 2.32. The highest BCUT2D eigenvalue weighted by Crippen LogP contribution is 2.26. The molecule has 0 spiro atoms. The Morgan fingerprint density at radius 1 is 1.23 bits per heavy atom. The van der Waals surface area contributed by atoms with Gasteiger partial charge in [0.25, 0.3) is 5.91 Å². The number of hydrogen-bond donors (Lipinski definition) is 3. The van der Waals surface area contributed by atoms with Crippen LogP contribution < -0.4 is 10.6 Å². The minimum absolute atomic E-state index is 0.0168. The molecule has 1 saturated heterocycles. The minimum atomic E-state index is -0.441. The van der Waals surface area contributed by atoms with Crippen molar-refractivity contribution in [1.82, 2.24) is 15.6 Å². The molecule has 0 radical (unpaired) electrons. The predicted octanol–water partition coefficient (Wildman–Crippen LogP) is 1.03. The molecule has 0 aromatic carbocycles. The molecular formula is C19H27N3O4. The molecular weight excluding hydrogens is 334 g/mol. The normalized spacial score (nSPS) is 26.0. The zero-order chi connectivity index (χ0) is 18.4. The van der Waals surface area contributed by atoms with E-state index in [0.717, 1.165) is 38.5 Å². The van der Waals surface area contributed by atoms with Crippen LogP contribution in [-0.4, -0.2) is 53.3 Å². The first-order valence-electron chi connectivity index (χ1n) is 9.43. The average Bonchev–Trinajstić information content (AvgIpc) is 2.62. The number of rotatable bonds is 7. The average molecular weight is 361 g/mol. The van der Waals surface area contributed by atoms with E-state index in [4.69, 9.17) is 4.74 Å². The second-order valence-corrected chi connectivity index (χ2v) is 7.06. The van der Waals surface area contributed by atoms with Crippen molar-refractivity contribution >= 4 is 11.8 Å². The quantitative estimate of drug-likeness (QED) is 0.673. The van der Waals surface area contributed by atoms with Crippen LogP contribution in [0.5, 0.6) is 0 Å². The molecule has 1 aliphatic heterocycles. The van der Waals surface area contributed by atoms with Crippen molar-refractivity contribution in [3.05, 3.63) is 30.1 Å². The fourth-order valence-corrected chi connectivity index (χ4v) is 3.42. The summed E-state index contributed by atoms with van der Waals surface area (Å²) in [6.07, 6.45) is 6.48. The Balaban J connectivity index is 1.43. The van der Waals surface area contributed by atoms with Crippen LogP contribution >= 0.6 is 0 Å². The fraction of sp³-hybridized carbons (Fsp3) is 0.632. The number of aliphatic hydroxyl groups is 1. The molecule has 2 fully saturated rings. The van der Waals surface area contributed by atoms with Gasteiger partial charge in [0, 0.05) is 18.7 Å². The van der Waals surface area contributed by atoms with Gasteiger partial charge in [-0.15, -0.1) is 0 Å². The molecule has 0 unspecified atom stereocenters. The van der Waals surface area contributed by atoms with E-state index in [1.807, 2.05) is 0 Å². The van der Waals surface area contributed by atoms with Gasteiger partial charge in [0.2, 0.25) is 5.91 Å². The first-order chi connectivity index (χ1) is 12.7. The molecule has 2 amide bonds. The van der Waals surface area contributed by atoms with E-state index in [9.17, 15) is 14.7 Å². The monoisotopic (exact) mass is 361 g/mol. The third kappa shape index (κ3) is 4.80. The van der Waals surface area contributed by atoms with Gasteiger partial charge < -0.3 is 20.5 Å². The lowest BCUT2D eigenvalue weighted by molar-refractivity contribution is -0.127. The van der Waals surface area contributed by atoms with E-state index >= 15 is 0 Å². The molecule has 26 heavy (non-hydrogen) atoms. The van der Waals surface area contributed by atoms with Crippen molar-refractivity contribution in [3.63, 3.8) is 0 Å². The molecule has 3 N–H and O–H groups in total. The lowest BCUT2D eigenvalue weighted by Crippen LogP contribution is -2.51. The molecule has 3 atom stereocenters. The molecule has 2 heterocycles. The number of nitrogens with zero attached hydrogens (tertiary/aromatic N) is 1. The Bertz CT molecular complexity index is 606. The number of pyridine rings is 1. The zero-order valence-electron chi connectivity index (χ0n) is 14.9. The number of carbonyl (C=O) groups excluding carboxylic acids is 2. The standard InChI is InChI=1S/C19H27N3O4/c23-12-17-15(22-19(25)16-6-1-2-10-20-16)8-7-14(26-17)9-11-21-18(24)13-4-3-5-13/h1-2,6,10,13-15,17,23H,3-5,7-9,11-12H2,(H,21,24)(H,22,25)/t14-,15-,17-/m0/s1. The molecule has 1 saturated carbocycles. The van der Waals surface area contributed by atoms with Crippen LogP contribution in [0.15, 0.2) is 24.4 Å². The highest BCUT2D eigenvalue weighted by molar-refractivity contribution is 5.92. The van der Waals surface area contributed by atoms with Gasteiger partial charge in [0.1, 0.15) is 11.8 Å². The van der Waals surface area contributed by atoms with Crippen LogP contribution in [0.25, 0.3) is 0 Å². The van der Waals surface area contributed by atoms with Crippen molar-refractivity contribution < 1.29 is 19.4 Å². The summed E-state index contributed by atoms with van der Waals surface area (Å²) < 4.78 is 5.93. The highest BCUT2D eigenvalue weighted by atomic mass is 16.5. The molecule has 142 valence electrons. The van der Waals surface area contributed by atoms with Crippen molar-refractivity contribution in [1.29, 1.82) is 0 Å². The van der Waals surface area contributed by atoms with Gasteiger partial charge in [-0.05, 0) is 44.2 Å². The smallest absolute Gasteiger partial charge is 0.270 e. The topological polar surface area (TPSA) is 101 Å². The van der Waals surface area contributed by atoms with Gasteiger partial charge in [-0.1, -0.05) is 12.5 Å². The molecule has 0 bridgehead atoms. The summed E-state index contributed by atoms with van der Waals surface area (Å²) in [7, 11) is 0. The summed E-state index contributed by atoms with van der Waals surface area (Å²) in [6, 6.07) is 4.93. The summed E-state index contributed by atoms with van der Waals surface area (Å²) in [5.74, 6) is 0.0776. The van der Waals surface area contributed by atoms with E-state index in [0.29, 0.717) is 12.2 Å². The van der Waals surface area contributed by atoms with E-state index in [2.05, 4.69) is 15.6 Å². The summed E-state index contributed by atoms with van der Waals surface area (Å²) in [5, 5.41) is 15.5. The Kier molecular flexibility index (Phi) is 6.57. The molecule has 7 nitrogen and oxygen atoms in total. The fourth-order valence-electron chi connectivity index (χ4n) is 3.42. The van der Waals surface area contributed by atoms with Crippen molar-refractivity contribution in [2.75, 3.05) is 13.2 Å². The minimum Gasteiger partial charge on any atom is -0.394 e. The van der Waals surface area contributed by atoms with Gasteiger partial charge in [-0.2, -0.15) is 0 Å². The van der Waals surface area contributed by atoms with E-state index in [1.54, 1.807) is 24.4 Å². The van der Waals surface area contributed by atoms with Crippen LogP contribution in [-0.2, 0) is 9.53 Å². The SMILES string of the molecule is O=C(N[C@H]1CC[C@@H](CCNC(=O)C2CCC2)O[C@H]1CO)c1ccccn1. The number of aromatic nitrogens is 1. The first-order valence-corrected chi connectivity index (χ1v) is 9.43. The van der Waals surface area contributed by atoms with Crippen molar-refractivity contribution in [3.8, 4) is 0 Å². The van der Waals surface area contributed by atoms with Gasteiger partial charge in [-0.25, -0.2) is 0 Å². The molecule has 2 aliphatic rings. The van der Waals surface area contributed by atoms with E-state index < -0.39 is 6.10 Å². The maximum Gasteiger partial charge on any atom is 0.270 e. The van der Waals surface area contributed by atoms with E-state index in [1.165, 1.54) is 0 Å². The molecule has 7 heteroatoms. The summed E-state index contributed by atoms with van der Waals surface area (Å²) in [4.78, 5) is 28.1. The third-order valence-electron chi connectivity index (χ3n) is 5.25. The molecule has 3 rings (SSSR count). The van der Waals surface area contributed by atoms with Crippen LogP contribution in [0.2, 0.25) is 0 Å². The zero-order valence-corrected chi connectivity index (χ0v) is 14.9. The number of ether oxygens (including phenoxy) is 1.